The van der Waals surface area contributed by atoms with E-state index in [2.05, 4.69) is 116 Å². The molecule has 2 heteroatoms. The Labute approximate surface area is 202 Å². The monoisotopic (exact) mass is 450 g/mol. The third-order valence-electron chi connectivity index (χ3n) is 6.93. The average Bonchev–Trinajstić information content (AvgIpc) is 3.36. The molecule has 5 aromatic rings. The molecule has 0 fully saturated rings. The Morgan fingerprint density at radius 3 is 1.24 bits per heavy atom. The lowest BCUT2D eigenvalue weighted by Crippen LogP contribution is -2.10. The summed E-state index contributed by atoms with van der Waals surface area (Å²) in [7, 11) is 0. The van der Waals surface area contributed by atoms with Gasteiger partial charge in [0.05, 0.1) is 0 Å². The highest BCUT2D eigenvalue weighted by molar-refractivity contribution is 5.91. The molecule has 0 aliphatic carbocycles. The van der Waals surface area contributed by atoms with Gasteiger partial charge in [-0.15, -0.1) is 0 Å². The van der Waals surface area contributed by atoms with Crippen molar-refractivity contribution in [1.29, 1.82) is 0 Å². The van der Waals surface area contributed by atoms with Crippen molar-refractivity contribution in [2.45, 2.75) is 66.2 Å². The van der Waals surface area contributed by atoms with Crippen LogP contribution in [0.5, 0.6) is 0 Å². The molecule has 0 amide bonds. The molecule has 2 nitrogen and oxygen atoms in total. The zero-order chi connectivity index (χ0) is 24.4. The first-order chi connectivity index (χ1) is 15.9. The van der Waals surface area contributed by atoms with Gasteiger partial charge in [-0.05, 0) is 95.5 Å². The van der Waals surface area contributed by atoms with E-state index in [0.29, 0.717) is 0 Å². The van der Waals surface area contributed by atoms with Gasteiger partial charge < -0.3 is 8.83 Å². The molecule has 174 valence electrons. The fraction of sp³-hybridized carbons (Fsp3) is 0.312. The lowest BCUT2D eigenvalue weighted by atomic mass is 9.86. The number of aryl methyl sites for hydroxylation is 2. The Morgan fingerprint density at radius 2 is 0.882 bits per heavy atom. The highest BCUT2D eigenvalue weighted by atomic mass is 16.3. The molecule has 0 aliphatic heterocycles. The summed E-state index contributed by atoms with van der Waals surface area (Å²) in [6.45, 7) is 17.7. The van der Waals surface area contributed by atoms with Crippen molar-refractivity contribution in [3.63, 3.8) is 0 Å². The minimum absolute atomic E-state index is 0.0947. The third-order valence-corrected chi connectivity index (χ3v) is 6.93. The van der Waals surface area contributed by atoms with E-state index >= 15 is 0 Å². The summed E-state index contributed by atoms with van der Waals surface area (Å²) in [4.78, 5) is 0. The zero-order valence-electron chi connectivity index (χ0n) is 21.6. The van der Waals surface area contributed by atoms with Crippen molar-refractivity contribution in [3.05, 3.63) is 82.9 Å². The van der Waals surface area contributed by atoms with Gasteiger partial charge in [0.1, 0.15) is 22.7 Å². The number of fused-ring (bicyclic) bond motifs is 2. The van der Waals surface area contributed by atoms with Crippen molar-refractivity contribution >= 4 is 21.9 Å². The van der Waals surface area contributed by atoms with Gasteiger partial charge in [-0.1, -0.05) is 53.7 Å². The lowest BCUT2D eigenvalue weighted by Gasteiger charge is -2.18. The van der Waals surface area contributed by atoms with Gasteiger partial charge in [0.15, 0.2) is 0 Å². The summed E-state index contributed by atoms with van der Waals surface area (Å²) in [6.07, 6.45) is 0. The molecule has 0 aliphatic rings. The largest absolute Gasteiger partial charge is 0.456 e. The fourth-order valence-electron chi connectivity index (χ4n) is 4.51. The van der Waals surface area contributed by atoms with Crippen molar-refractivity contribution in [2.24, 2.45) is 0 Å². The summed E-state index contributed by atoms with van der Waals surface area (Å²) in [5.74, 6) is 1.74. The van der Waals surface area contributed by atoms with Gasteiger partial charge in [-0.3, -0.25) is 0 Å². The van der Waals surface area contributed by atoms with Crippen molar-refractivity contribution in [1.82, 2.24) is 0 Å². The maximum absolute atomic E-state index is 6.37. The van der Waals surface area contributed by atoms with Crippen molar-refractivity contribution in [3.8, 4) is 22.6 Å². The molecular weight excluding hydrogens is 416 g/mol. The van der Waals surface area contributed by atoms with Gasteiger partial charge in [-0.25, -0.2) is 0 Å². The highest BCUT2D eigenvalue weighted by Crippen LogP contribution is 2.40. The number of rotatable bonds is 2. The lowest BCUT2D eigenvalue weighted by molar-refractivity contribution is 0.589. The van der Waals surface area contributed by atoms with E-state index in [1.54, 1.807) is 0 Å². The summed E-state index contributed by atoms with van der Waals surface area (Å²) < 4.78 is 12.7. The molecule has 0 unspecified atom stereocenters. The van der Waals surface area contributed by atoms with Crippen LogP contribution in [0.1, 0.15) is 63.8 Å². The highest BCUT2D eigenvalue weighted by Gasteiger charge is 2.20. The van der Waals surface area contributed by atoms with E-state index < -0.39 is 0 Å². The number of benzene rings is 3. The van der Waals surface area contributed by atoms with Crippen LogP contribution in [-0.4, -0.2) is 0 Å². The molecule has 0 radical (unpaired) electrons. The van der Waals surface area contributed by atoms with Crippen LogP contribution >= 0.6 is 0 Å². The second kappa shape index (κ2) is 7.63. The van der Waals surface area contributed by atoms with Crippen LogP contribution in [0.2, 0.25) is 0 Å². The van der Waals surface area contributed by atoms with Gasteiger partial charge in [-0.2, -0.15) is 0 Å². The van der Waals surface area contributed by atoms with Gasteiger partial charge in [0.25, 0.3) is 0 Å². The van der Waals surface area contributed by atoms with Gasteiger partial charge >= 0.3 is 0 Å². The van der Waals surface area contributed by atoms with Crippen molar-refractivity contribution < 1.29 is 8.83 Å². The van der Waals surface area contributed by atoms with E-state index in [1.807, 2.05) is 0 Å². The SMILES string of the molecule is Cc1cc(-c2cc3cc(C(C)(C)C)ccc3o2)c(-c2cc3cc(C(C)(C)C)ccc3o2)cc1C. The maximum Gasteiger partial charge on any atom is 0.136 e. The van der Waals surface area contributed by atoms with Crippen LogP contribution in [0.3, 0.4) is 0 Å². The molecule has 0 bridgehead atoms. The molecule has 0 saturated carbocycles. The summed E-state index contributed by atoms with van der Waals surface area (Å²) >= 11 is 0. The van der Waals surface area contributed by atoms with Crippen LogP contribution < -0.4 is 0 Å². The third kappa shape index (κ3) is 3.96. The Balaban J connectivity index is 1.68. The fourth-order valence-corrected chi connectivity index (χ4v) is 4.51. The van der Waals surface area contributed by atoms with E-state index in [4.69, 9.17) is 8.83 Å². The minimum atomic E-state index is 0.0947. The molecule has 5 rings (SSSR count). The Hall–Kier alpha value is -3.26. The first-order valence-corrected chi connectivity index (χ1v) is 12.1. The molecule has 0 saturated heterocycles. The molecule has 34 heavy (non-hydrogen) atoms. The Morgan fingerprint density at radius 1 is 0.500 bits per heavy atom. The minimum Gasteiger partial charge on any atom is -0.456 e. The smallest absolute Gasteiger partial charge is 0.136 e. The quantitative estimate of drug-likeness (QED) is 0.267. The van der Waals surface area contributed by atoms with Crippen LogP contribution in [0.25, 0.3) is 44.6 Å². The summed E-state index contributed by atoms with van der Waals surface area (Å²) in [6, 6.07) is 21.8. The Bertz CT molecular complexity index is 1410. The van der Waals surface area contributed by atoms with Crippen LogP contribution in [0, 0.1) is 13.8 Å². The molecule has 2 aromatic heterocycles. The molecule has 0 N–H and O–H groups in total. The average molecular weight is 451 g/mol. The topological polar surface area (TPSA) is 26.3 Å². The van der Waals surface area contributed by atoms with E-state index in [1.165, 1.54) is 22.3 Å². The van der Waals surface area contributed by atoms with E-state index in [0.717, 1.165) is 44.6 Å². The molecular formula is C32H34O2. The molecule has 3 aromatic carbocycles. The van der Waals surface area contributed by atoms with Crippen LogP contribution in [-0.2, 0) is 10.8 Å². The zero-order valence-corrected chi connectivity index (χ0v) is 21.6. The Kier molecular flexibility index (Phi) is 5.06. The predicted molar refractivity (Wildman–Crippen MR) is 144 cm³/mol. The summed E-state index contributed by atoms with van der Waals surface area (Å²) in [5, 5.41) is 2.26. The molecule has 0 spiro atoms. The predicted octanol–water partition coefficient (Wildman–Crippen LogP) is 9.72. The summed E-state index contributed by atoms with van der Waals surface area (Å²) in [5.41, 5.74) is 9.21. The second-order valence-corrected chi connectivity index (χ2v) is 11.7. The molecule has 0 atom stereocenters. The van der Waals surface area contributed by atoms with Gasteiger partial charge in [0, 0.05) is 21.9 Å². The number of hydrogen-bond acceptors (Lipinski definition) is 2. The maximum atomic E-state index is 6.37. The van der Waals surface area contributed by atoms with Gasteiger partial charge in [0.2, 0.25) is 0 Å². The second-order valence-electron chi connectivity index (χ2n) is 11.7. The van der Waals surface area contributed by atoms with E-state index in [-0.39, 0.29) is 10.8 Å². The normalized spacial score (nSPS) is 12.7. The first kappa shape index (κ1) is 22.5. The number of furan rings is 2. The van der Waals surface area contributed by atoms with Crippen LogP contribution in [0.15, 0.2) is 69.5 Å². The first-order valence-electron chi connectivity index (χ1n) is 12.1. The van der Waals surface area contributed by atoms with Crippen LogP contribution in [0.4, 0.5) is 0 Å². The number of hydrogen-bond donors (Lipinski definition) is 0. The molecule has 2 heterocycles. The van der Waals surface area contributed by atoms with E-state index in [9.17, 15) is 0 Å². The standard InChI is InChI=1S/C32H34O2/c1-19-13-25(29-17-21-15-23(31(3,4)5)9-11-27(21)33-29)26(14-20(19)2)30-18-22-16-24(32(6,7)8)10-12-28(22)34-30/h9-18H,1-8H3. The van der Waals surface area contributed by atoms with Crippen molar-refractivity contribution in [2.75, 3.05) is 0 Å².